The van der Waals surface area contributed by atoms with Crippen LogP contribution in [0.2, 0.25) is 0 Å². The smallest absolute Gasteiger partial charge is 0.168 e. The van der Waals surface area contributed by atoms with Crippen molar-refractivity contribution in [2.45, 2.75) is 43.4 Å². The zero-order chi connectivity index (χ0) is 14.9. The summed E-state index contributed by atoms with van der Waals surface area (Å²) in [5.74, 6) is -0.471. The molecule has 0 N–H and O–H groups in total. The zero-order valence-electron chi connectivity index (χ0n) is 12.9. The standard InChI is InChI=1S/C17H24FNO2/c1-19(2)16(13-14-5-3-4-6-15(14)18)7-9-17(10-8-16)20-11-12-21-17/h3-6H,7-13H2,1-2H3. The van der Waals surface area contributed by atoms with E-state index in [2.05, 4.69) is 19.0 Å². The second-order valence-electron chi connectivity index (χ2n) is 6.49. The molecule has 2 aliphatic rings. The Morgan fingerprint density at radius 2 is 1.67 bits per heavy atom. The van der Waals surface area contributed by atoms with E-state index in [1.165, 1.54) is 0 Å². The first-order valence-corrected chi connectivity index (χ1v) is 7.74. The third-order valence-electron chi connectivity index (χ3n) is 5.18. The summed E-state index contributed by atoms with van der Waals surface area (Å²) < 4.78 is 25.6. The van der Waals surface area contributed by atoms with Crippen molar-refractivity contribution in [3.05, 3.63) is 35.6 Å². The highest BCUT2D eigenvalue weighted by atomic mass is 19.1. The average molecular weight is 293 g/mol. The topological polar surface area (TPSA) is 21.7 Å². The fourth-order valence-corrected chi connectivity index (χ4v) is 3.66. The maximum absolute atomic E-state index is 14.0. The van der Waals surface area contributed by atoms with Crippen LogP contribution in [0.5, 0.6) is 0 Å². The second kappa shape index (κ2) is 5.67. The van der Waals surface area contributed by atoms with Gasteiger partial charge in [-0.15, -0.1) is 0 Å². The van der Waals surface area contributed by atoms with E-state index in [1.807, 2.05) is 12.1 Å². The molecule has 1 heterocycles. The summed E-state index contributed by atoms with van der Waals surface area (Å²) in [5.41, 5.74) is 0.790. The van der Waals surface area contributed by atoms with E-state index in [1.54, 1.807) is 12.1 Å². The largest absolute Gasteiger partial charge is 0.348 e. The van der Waals surface area contributed by atoms with E-state index >= 15 is 0 Å². The molecule has 0 amide bonds. The summed E-state index contributed by atoms with van der Waals surface area (Å²) >= 11 is 0. The zero-order valence-corrected chi connectivity index (χ0v) is 12.9. The Morgan fingerprint density at radius 1 is 1.05 bits per heavy atom. The van der Waals surface area contributed by atoms with Crippen LogP contribution in [0.4, 0.5) is 4.39 Å². The number of nitrogens with zero attached hydrogens (tertiary/aromatic N) is 1. The lowest BCUT2D eigenvalue weighted by Crippen LogP contribution is -2.53. The van der Waals surface area contributed by atoms with E-state index in [0.29, 0.717) is 13.2 Å². The minimum absolute atomic E-state index is 0.0112. The number of benzene rings is 1. The highest BCUT2D eigenvalue weighted by Crippen LogP contribution is 2.43. The van der Waals surface area contributed by atoms with Gasteiger partial charge in [-0.2, -0.15) is 0 Å². The van der Waals surface area contributed by atoms with Crippen molar-refractivity contribution in [1.29, 1.82) is 0 Å². The Balaban J connectivity index is 1.77. The van der Waals surface area contributed by atoms with Gasteiger partial charge in [0.25, 0.3) is 0 Å². The molecule has 3 rings (SSSR count). The molecular formula is C17H24FNO2. The van der Waals surface area contributed by atoms with Crippen molar-refractivity contribution in [3.8, 4) is 0 Å². The Bertz CT molecular complexity index is 487. The third-order valence-corrected chi connectivity index (χ3v) is 5.18. The summed E-state index contributed by atoms with van der Waals surface area (Å²) in [6.07, 6.45) is 4.45. The molecule has 1 aliphatic carbocycles. The fraction of sp³-hybridized carbons (Fsp3) is 0.647. The van der Waals surface area contributed by atoms with Crippen molar-refractivity contribution >= 4 is 0 Å². The van der Waals surface area contributed by atoms with Crippen LogP contribution >= 0.6 is 0 Å². The normalized spacial score (nSPS) is 23.8. The van der Waals surface area contributed by atoms with Crippen molar-refractivity contribution in [3.63, 3.8) is 0 Å². The van der Waals surface area contributed by atoms with E-state index in [-0.39, 0.29) is 17.1 Å². The minimum atomic E-state index is -0.366. The van der Waals surface area contributed by atoms with Gasteiger partial charge in [-0.1, -0.05) is 18.2 Å². The molecule has 0 aromatic heterocycles. The van der Waals surface area contributed by atoms with Gasteiger partial charge in [0.15, 0.2) is 5.79 Å². The van der Waals surface area contributed by atoms with Crippen LogP contribution in [0.25, 0.3) is 0 Å². The number of ether oxygens (including phenoxy) is 2. The lowest BCUT2D eigenvalue weighted by Gasteiger charge is -2.47. The summed E-state index contributed by atoms with van der Waals surface area (Å²) in [6.45, 7) is 1.39. The molecule has 0 bridgehead atoms. The number of hydrogen-bond donors (Lipinski definition) is 0. The van der Waals surface area contributed by atoms with Crippen LogP contribution in [-0.4, -0.2) is 43.5 Å². The predicted octanol–water partition coefficient (Wildman–Crippen LogP) is 2.99. The number of rotatable bonds is 3. The van der Waals surface area contributed by atoms with Crippen LogP contribution in [0.3, 0.4) is 0 Å². The summed E-state index contributed by atoms with van der Waals surface area (Å²) in [7, 11) is 4.18. The molecule has 116 valence electrons. The lowest BCUT2D eigenvalue weighted by molar-refractivity contribution is -0.192. The van der Waals surface area contributed by atoms with Crippen molar-refractivity contribution < 1.29 is 13.9 Å². The van der Waals surface area contributed by atoms with E-state index in [0.717, 1.165) is 37.7 Å². The van der Waals surface area contributed by atoms with Crippen molar-refractivity contribution in [2.24, 2.45) is 0 Å². The van der Waals surface area contributed by atoms with Gasteiger partial charge in [-0.3, -0.25) is 0 Å². The fourth-order valence-electron chi connectivity index (χ4n) is 3.66. The molecule has 1 spiro atoms. The minimum Gasteiger partial charge on any atom is -0.348 e. The van der Waals surface area contributed by atoms with E-state index in [4.69, 9.17) is 9.47 Å². The van der Waals surface area contributed by atoms with Crippen molar-refractivity contribution in [2.75, 3.05) is 27.3 Å². The Labute approximate surface area is 126 Å². The van der Waals surface area contributed by atoms with Crippen LogP contribution in [-0.2, 0) is 15.9 Å². The average Bonchev–Trinajstić information content (AvgIpc) is 2.93. The van der Waals surface area contributed by atoms with E-state index < -0.39 is 0 Å². The third kappa shape index (κ3) is 2.85. The van der Waals surface area contributed by atoms with Gasteiger partial charge in [0.2, 0.25) is 0 Å². The van der Waals surface area contributed by atoms with Crippen LogP contribution in [0.1, 0.15) is 31.2 Å². The maximum atomic E-state index is 14.0. The first kappa shape index (κ1) is 14.9. The molecular weight excluding hydrogens is 269 g/mol. The molecule has 21 heavy (non-hydrogen) atoms. The highest BCUT2D eigenvalue weighted by molar-refractivity contribution is 5.21. The first-order chi connectivity index (χ1) is 10.1. The Hall–Kier alpha value is -0.970. The molecule has 1 aromatic carbocycles. The second-order valence-corrected chi connectivity index (χ2v) is 6.49. The van der Waals surface area contributed by atoms with Crippen LogP contribution < -0.4 is 0 Å². The molecule has 0 radical (unpaired) electrons. The Morgan fingerprint density at radius 3 is 2.24 bits per heavy atom. The van der Waals surface area contributed by atoms with Crippen LogP contribution in [0.15, 0.2) is 24.3 Å². The number of likely N-dealkylation sites (N-methyl/N-ethyl adjacent to an activating group) is 1. The van der Waals surface area contributed by atoms with Gasteiger partial charge >= 0.3 is 0 Å². The SMILES string of the molecule is CN(C)C1(Cc2ccccc2F)CCC2(CC1)OCCO2. The van der Waals surface area contributed by atoms with Gasteiger partial charge in [0, 0.05) is 18.4 Å². The molecule has 1 aromatic rings. The molecule has 3 nitrogen and oxygen atoms in total. The molecule has 1 aliphatic heterocycles. The quantitative estimate of drug-likeness (QED) is 0.855. The first-order valence-electron chi connectivity index (χ1n) is 7.74. The van der Waals surface area contributed by atoms with Gasteiger partial charge in [-0.05, 0) is 45.0 Å². The summed E-state index contributed by atoms with van der Waals surface area (Å²) in [4.78, 5) is 2.25. The van der Waals surface area contributed by atoms with Crippen LogP contribution in [0, 0.1) is 5.82 Å². The Kier molecular flexibility index (Phi) is 4.04. The molecule has 1 saturated heterocycles. The number of halogens is 1. The van der Waals surface area contributed by atoms with E-state index in [9.17, 15) is 4.39 Å². The molecule has 1 saturated carbocycles. The summed E-state index contributed by atoms with van der Waals surface area (Å²) in [6, 6.07) is 7.10. The monoisotopic (exact) mass is 293 g/mol. The molecule has 0 unspecified atom stereocenters. The molecule has 0 atom stereocenters. The predicted molar refractivity (Wildman–Crippen MR) is 79.6 cm³/mol. The highest BCUT2D eigenvalue weighted by Gasteiger charge is 2.47. The molecule has 2 fully saturated rings. The number of hydrogen-bond acceptors (Lipinski definition) is 3. The molecule has 4 heteroatoms. The van der Waals surface area contributed by atoms with Gasteiger partial charge < -0.3 is 14.4 Å². The van der Waals surface area contributed by atoms with Gasteiger partial charge in [0.1, 0.15) is 5.82 Å². The lowest BCUT2D eigenvalue weighted by atomic mass is 9.74. The van der Waals surface area contributed by atoms with Gasteiger partial charge in [0.05, 0.1) is 13.2 Å². The maximum Gasteiger partial charge on any atom is 0.168 e. The van der Waals surface area contributed by atoms with Gasteiger partial charge in [-0.25, -0.2) is 4.39 Å². The van der Waals surface area contributed by atoms with Crippen molar-refractivity contribution in [1.82, 2.24) is 4.90 Å². The summed E-state index contributed by atoms with van der Waals surface area (Å²) in [5, 5.41) is 0.